The Morgan fingerprint density at radius 3 is 2.33 bits per heavy atom. The van der Waals surface area contributed by atoms with E-state index in [1.165, 1.54) is 0 Å². The van der Waals surface area contributed by atoms with Gasteiger partial charge in [0, 0.05) is 0 Å². The first-order valence-electron chi connectivity index (χ1n) is 4.89. The zero-order valence-electron chi connectivity index (χ0n) is 9.23. The minimum absolute atomic E-state index is 0.377. The number of carboxylic acid groups (broad SMARTS) is 1. The number of carboxylic acids is 1. The molecule has 1 N–H and O–H groups in total. The van der Waals surface area contributed by atoms with Crippen molar-refractivity contribution >= 4 is 5.97 Å². The fourth-order valence-corrected chi connectivity index (χ4v) is 1.02. The highest BCUT2D eigenvalue weighted by atomic mass is 16.5. The molecule has 3 nitrogen and oxygen atoms in total. The summed E-state index contributed by atoms with van der Waals surface area (Å²) < 4.78 is 5.56. The predicted molar refractivity (Wildman–Crippen MR) is 57.9 cm³/mol. The number of rotatable bonds is 4. The topological polar surface area (TPSA) is 46.5 Å². The van der Waals surface area contributed by atoms with Crippen LogP contribution in [0.2, 0.25) is 0 Å². The van der Waals surface area contributed by atoms with Gasteiger partial charge in [0.25, 0.3) is 0 Å². The summed E-state index contributed by atoms with van der Waals surface area (Å²) >= 11 is 0. The molecule has 0 aliphatic carbocycles. The molecule has 1 rings (SSSR count). The third-order valence-electron chi connectivity index (χ3n) is 2.62. The van der Waals surface area contributed by atoms with Crippen molar-refractivity contribution in [2.24, 2.45) is 5.41 Å². The van der Waals surface area contributed by atoms with Gasteiger partial charge in [-0.15, -0.1) is 0 Å². The SMILES string of the molecule is CC(Oc1ccccc1)C(C)(C)C(=O)O. The summed E-state index contributed by atoms with van der Waals surface area (Å²) in [5.41, 5.74) is -0.893. The normalized spacial score (nSPS) is 13.3. The number of para-hydroxylation sites is 1. The van der Waals surface area contributed by atoms with Crippen LogP contribution in [0.15, 0.2) is 30.3 Å². The largest absolute Gasteiger partial charge is 0.490 e. The molecule has 0 aromatic heterocycles. The van der Waals surface area contributed by atoms with E-state index in [9.17, 15) is 4.79 Å². The smallest absolute Gasteiger partial charge is 0.312 e. The number of hydrogen-bond donors (Lipinski definition) is 1. The van der Waals surface area contributed by atoms with Gasteiger partial charge >= 0.3 is 5.97 Å². The first-order valence-corrected chi connectivity index (χ1v) is 4.89. The maximum Gasteiger partial charge on any atom is 0.312 e. The first kappa shape index (κ1) is 11.6. The number of aliphatic carboxylic acids is 1. The number of ether oxygens (including phenoxy) is 1. The van der Waals surface area contributed by atoms with Crippen LogP contribution in [0.5, 0.6) is 5.75 Å². The highest BCUT2D eigenvalue weighted by molar-refractivity contribution is 5.74. The molecular weight excluding hydrogens is 192 g/mol. The van der Waals surface area contributed by atoms with Gasteiger partial charge in [-0.2, -0.15) is 0 Å². The summed E-state index contributed by atoms with van der Waals surface area (Å²) in [5, 5.41) is 9.01. The van der Waals surface area contributed by atoms with Crippen LogP contribution in [-0.4, -0.2) is 17.2 Å². The molecule has 0 saturated heterocycles. The zero-order valence-corrected chi connectivity index (χ0v) is 9.23. The monoisotopic (exact) mass is 208 g/mol. The summed E-state index contributed by atoms with van der Waals surface area (Å²) in [6, 6.07) is 9.23. The Bertz CT molecular complexity index is 330. The molecule has 0 spiro atoms. The summed E-state index contributed by atoms with van der Waals surface area (Å²) in [4.78, 5) is 11.0. The van der Waals surface area contributed by atoms with Gasteiger partial charge in [-0.1, -0.05) is 18.2 Å². The van der Waals surface area contributed by atoms with Crippen molar-refractivity contribution in [1.82, 2.24) is 0 Å². The first-order chi connectivity index (χ1) is 6.94. The fraction of sp³-hybridized carbons (Fsp3) is 0.417. The van der Waals surface area contributed by atoms with Crippen LogP contribution >= 0.6 is 0 Å². The summed E-state index contributed by atoms with van der Waals surface area (Å²) in [7, 11) is 0. The number of carbonyl (C=O) groups is 1. The summed E-state index contributed by atoms with van der Waals surface area (Å²) in [5.74, 6) is -0.162. The summed E-state index contributed by atoms with van der Waals surface area (Å²) in [6.07, 6.45) is -0.377. The highest BCUT2D eigenvalue weighted by Gasteiger charge is 2.35. The fourth-order valence-electron chi connectivity index (χ4n) is 1.02. The Kier molecular flexibility index (Phi) is 3.35. The Morgan fingerprint density at radius 1 is 1.33 bits per heavy atom. The van der Waals surface area contributed by atoms with E-state index in [-0.39, 0.29) is 6.10 Å². The van der Waals surface area contributed by atoms with E-state index in [2.05, 4.69) is 0 Å². The average molecular weight is 208 g/mol. The second-order valence-corrected chi connectivity index (χ2v) is 4.10. The van der Waals surface area contributed by atoms with E-state index in [4.69, 9.17) is 9.84 Å². The number of benzene rings is 1. The van der Waals surface area contributed by atoms with Gasteiger partial charge in [0.1, 0.15) is 11.9 Å². The second-order valence-electron chi connectivity index (χ2n) is 4.10. The molecule has 0 saturated carbocycles. The van der Waals surface area contributed by atoms with Crippen molar-refractivity contribution in [2.75, 3.05) is 0 Å². The van der Waals surface area contributed by atoms with Crippen molar-refractivity contribution in [3.05, 3.63) is 30.3 Å². The van der Waals surface area contributed by atoms with Gasteiger partial charge in [-0.25, -0.2) is 0 Å². The minimum atomic E-state index is -0.893. The quantitative estimate of drug-likeness (QED) is 0.827. The van der Waals surface area contributed by atoms with E-state index in [1.807, 2.05) is 30.3 Å². The standard InChI is InChI=1S/C12H16O3/c1-9(12(2,3)11(13)14)15-10-7-5-4-6-8-10/h4-9H,1-3H3,(H,13,14). The molecule has 1 atom stereocenters. The Morgan fingerprint density at radius 2 is 1.87 bits per heavy atom. The van der Waals surface area contributed by atoms with E-state index >= 15 is 0 Å². The zero-order chi connectivity index (χ0) is 11.5. The maximum absolute atomic E-state index is 11.0. The lowest BCUT2D eigenvalue weighted by molar-refractivity contribution is -0.151. The lowest BCUT2D eigenvalue weighted by atomic mass is 9.87. The third kappa shape index (κ3) is 2.72. The molecule has 0 fully saturated rings. The van der Waals surface area contributed by atoms with Crippen molar-refractivity contribution < 1.29 is 14.6 Å². The molecule has 0 radical (unpaired) electrons. The lowest BCUT2D eigenvalue weighted by Gasteiger charge is -2.27. The van der Waals surface area contributed by atoms with E-state index in [1.54, 1.807) is 20.8 Å². The third-order valence-corrected chi connectivity index (χ3v) is 2.62. The van der Waals surface area contributed by atoms with Crippen LogP contribution in [-0.2, 0) is 4.79 Å². The van der Waals surface area contributed by atoms with Gasteiger partial charge in [-0.3, -0.25) is 4.79 Å². The molecule has 1 aromatic rings. The Hall–Kier alpha value is -1.51. The van der Waals surface area contributed by atoms with Crippen LogP contribution in [0, 0.1) is 5.41 Å². The molecular formula is C12H16O3. The van der Waals surface area contributed by atoms with Crippen molar-refractivity contribution in [3.63, 3.8) is 0 Å². The van der Waals surface area contributed by atoms with E-state index < -0.39 is 11.4 Å². The van der Waals surface area contributed by atoms with Crippen molar-refractivity contribution in [1.29, 1.82) is 0 Å². The van der Waals surface area contributed by atoms with Crippen molar-refractivity contribution in [2.45, 2.75) is 26.9 Å². The Balaban J connectivity index is 2.72. The molecule has 0 aliphatic heterocycles. The van der Waals surface area contributed by atoms with Crippen LogP contribution in [0.25, 0.3) is 0 Å². The molecule has 0 heterocycles. The van der Waals surface area contributed by atoms with Gasteiger partial charge < -0.3 is 9.84 Å². The molecule has 15 heavy (non-hydrogen) atoms. The number of hydrogen-bond acceptors (Lipinski definition) is 2. The van der Waals surface area contributed by atoms with Gasteiger partial charge in [0.15, 0.2) is 0 Å². The highest BCUT2D eigenvalue weighted by Crippen LogP contribution is 2.25. The maximum atomic E-state index is 11.0. The summed E-state index contributed by atoms with van der Waals surface area (Å²) in [6.45, 7) is 5.08. The van der Waals surface area contributed by atoms with Crippen LogP contribution < -0.4 is 4.74 Å². The molecule has 1 unspecified atom stereocenters. The minimum Gasteiger partial charge on any atom is -0.490 e. The van der Waals surface area contributed by atoms with Crippen LogP contribution in [0.4, 0.5) is 0 Å². The molecule has 82 valence electrons. The molecule has 1 aromatic carbocycles. The van der Waals surface area contributed by atoms with Crippen LogP contribution in [0.1, 0.15) is 20.8 Å². The lowest BCUT2D eigenvalue weighted by Crippen LogP contribution is -2.38. The van der Waals surface area contributed by atoms with Crippen molar-refractivity contribution in [3.8, 4) is 5.75 Å². The molecule has 0 aliphatic rings. The molecule has 3 heteroatoms. The Labute approximate surface area is 89.7 Å². The molecule has 0 bridgehead atoms. The van der Waals surface area contributed by atoms with E-state index in [0.29, 0.717) is 5.75 Å². The van der Waals surface area contributed by atoms with Gasteiger partial charge in [0.2, 0.25) is 0 Å². The van der Waals surface area contributed by atoms with Gasteiger partial charge in [-0.05, 0) is 32.9 Å². The average Bonchev–Trinajstić information content (AvgIpc) is 2.18. The van der Waals surface area contributed by atoms with Gasteiger partial charge in [0.05, 0.1) is 5.41 Å². The molecule has 0 amide bonds. The predicted octanol–water partition coefficient (Wildman–Crippen LogP) is 2.56. The van der Waals surface area contributed by atoms with E-state index in [0.717, 1.165) is 0 Å². The van der Waals surface area contributed by atoms with Crippen LogP contribution in [0.3, 0.4) is 0 Å². The second kappa shape index (κ2) is 4.34.